The van der Waals surface area contributed by atoms with Gasteiger partial charge in [-0.05, 0) is 31.7 Å². The third-order valence-electron chi connectivity index (χ3n) is 6.35. The Morgan fingerprint density at radius 3 is 2.76 bits per heavy atom. The standard InChI is InChI=1S/C25H33N5O4/c1-2-28(14-11-23(31)26-17-20-10-6-15-34-20)24(32)21-16-22-25(33)29(12-7-13-30(22)27-21)18-19-8-4-3-5-9-19/h3-5,8-9,16,20H,2,6-7,10-15,17-18H2,1H3,(H,26,31)/t20-/m1/s1. The predicted molar refractivity (Wildman–Crippen MR) is 126 cm³/mol. The second-order valence-corrected chi connectivity index (χ2v) is 8.78. The Bertz CT molecular complexity index is 1000. The van der Waals surface area contributed by atoms with Crippen LogP contribution >= 0.6 is 0 Å². The second-order valence-electron chi connectivity index (χ2n) is 8.78. The van der Waals surface area contributed by atoms with Gasteiger partial charge in [0.2, 0.25) is 5.91 Å². The number of nitrogens with one attached hydrogen (secondary N) is 1. The number of ether oxygens (including phenoxy) is 1. The zero-order chi connectivity index (χ0) is 23.9. The summed E-state index contributed by atoms with van der Waals surface area (Å²) in [5.74, 6) is -0.490. The van der Waals surface area contributed by atoms with E-state index in [-0.39, 0.29) is 35.9 Å². The molecule has 9 nitrogen and oxygen atoms in total. The van der Waals surface area contributed by atoms with Gasteiger partial charge in [-0.3, -0.25) is 19.1 Å². The smallest absolute Gasteiger partial charge is 0.274 e. The fourth-order valence-corrected chi connectivity index (χ4v) is 4.42. The van der Waals surface area contributed by atoms with E-state index >= 15 is 0 Å². The Morgan fingerprint density at radius 2 is 2.03 bits per heavy atom. The van der Waals surface area contributed by atoms with Crippen LogP contribution < -0.4 is 5.32 Å². The maximum atomic E-state index is 13.2. The molecule has 3 amide bonds. The molecule has 3 heterocycles. The zero-order valence-electron chi connectivity index (χ0n) is 19.7. The number of amides is 3. The van der Waals surface area contributed by atoms with Crippen LogP contribution in [0.2, 0.25) is 0 Å². The largest absolute Gasteiger partial charge is 0.376 e. The topological polar surface area (TPSA) is 96.8 Å². The first kappa shape index (κ1) is 23.9. The van der Waals surface area contributed by atoms with E-state index in [0.717, 1.165) is 31.4 Å². The highest BCUT2D eigenvalue weighted by Gasteiger charge is 2.28. The Hall–Kier alpha value is -3.20. The fourth-order valence-electron chi connectivity index (χ4n) is 4.42. The molecular formula is C25H33N5O4. The van der Waals surface area contributed by atoms with E-state index < -0.39 is 0 Å². The summed E-state index contributed by atoms with van der Waals surface area (Å²) in [6, 6.07) is 11.5. The first-order valence-electron chi connectivity index (χ1n) is 12.1. The van der Waals surface area contributed by atoms with Gasteiger partial charge in [-0.25, -0.2) is 0 Å². The lowest BCUT2D eigenvalue weighted by Crippen LogP contribution is -2.37. The van der Waals surface area contributed by atoms with Gasteiger partial charge >= 0.3 is 0 Å². The van der Waals surface area contributed by atoms with Gasteiger partial charge in [-0.15, -0.1) is 0 Å². The summed E-state index contributed by atoms with van der Waals surface area (Å²) in [5, 5.41) is 7.34. The van der Waals surface area contributed by atoms with Crippen molar-refractivity contribution < 1.29 is 19.1 Å². The van der Waals surface area contributed by atoms with Crippen molar-refractivity contribution in [3.63, 3.8) is 0 Å². The summed E-state index contributed by atoms with van der Waals surface area (Å²) in [4.78, 5) is 41.9. The van der Waals surface area contributed by atoms with Crippen LogP contribution in [0.4, 0.5) is 0 Å². The molecule has 1 fully saturated rings. The number of hydrogen-bond donors (Lipinski definition) is 1. The molecule has 2 aromatic rings. The number of carbonyl (C=O) groups excluding carboxylic acids is 3. The number of benzene rings is 1. The van der Waals surface area contributed by atoms with Crippen molar-refractivity contribution in [2.45, 2.75) is 51.8 Å². The van der Waals surface area contributed by atoms with Crippen LogP contribution in [0.3, 0.4) is 0 Å². The number of aromatic nitrogens is 2. The van der Waals surface area contributed by atoms with Crippen LogP contribution in [0.25, 0.3) is 0 Å². The fraction of sp³-hybridized carbons (Fsp3) is 0.520. The highest BCUT2D eigenvalue weighted by atomic mass is 16.5. The van der Waals surface area contributed by atoms with Crippen LogP contribution in [0.1, 0.15) is 59.1 Å². The molecule has 0 aliphatic carbocycles. The molecule has 0 radical (unpaired) electrons. The van der Waals surface area contributed by atoms with Gasteiger partial charge in [0.1, 0.15) is 5.69 Å². The molecule has 1 saturated heterocycles. The second kappa shape index (κ2) is 11.3. The predicted octanol–water partition coefficient (Wildman–Crippen LogP) is 2.08. The van der Waals surface area contributed by atoms with Gasteiger partial charge in [0, 0.05) is 58.4 Å². The Kier molecular flexibility index (Phi) is 7.95. The van der Waals surface area contributed by atoms with E-state index in [9.17, 15) is 14.4 Å². The number of hydrogen-bond acceptors (Lipinski definition) is 5. The van der Waals surface area contributed by atoms with Gasteiger partial charge in [0.05, 0.1) is 6.10 Å². The van der Waals surface area contributed by atoms with Crippen LogP contribution in [-0.2, 0) is 22.6 Å². The van der Waals surface area contributed by atoms with Crippen molar-refractivity contribution in [2.24, 2.45) is 0 Å². The average Bonchev–Trinajstić information content (AvgIpc) is 3.50. The van der Waals surface area contributed by atoms with Gasteiger partial charge in [0.25, 0.3) is 11.8 Å². The Balaban J connectivity index is 1.36. The van der Waals surface area contributed by atoms with Crippen LogP contribution in [0.5, 0.6) is 0 Å². The summed E-state index contributed by atoms with van der Waals surface area (Å²) < 4.78 is 7.17. The summed E-state index contributed by atoms with van der Waals surface area (Å²) in [6.07, 6.45) is 3.06. The van der Waals surface area contributed by atoms with Crippen molar-refractivity contribution in [2.75, 3.05) is 32.8 Å². The lowest BCUT2D eigenvalue weighted by atomic mass is 10.2. The molecule has 0 bridgehead atoms. The molecular weight excluding hydrogens is 434 g/mol. The molecule has 1 aromatic carbocycles. The number of nitrogens with zero attached hydrogens (tertiary/aromatic N) is 4. The van der Waals surface area contributed by atoms with Crippen molar-refractivity contribution in [1.29, 1.82) is 0 Å². The van der Waals surface area contributed by atoms with E-state index in [0.29, 0.717) is 45.0 Å². The quantitative estimate of drug-likeness (QED) is 0.609. The minimum Gasteiger partial charge on any atom is -0.376 e. The van der Waals surface area contributed by atoms with E-state index in [4.69, 9.17) is 4.74 Å². The zero-order valence-corrected chi connectivity index (χ0v) is 19.7. The van der Waals surface area contributed by atoms with Crippen molar-refractivity contribution in [3.8, 4) is 0 Å². The molecule has 34 heavy (non-hydrogen) atoms. The third-order valence-corrected chi connectivity index (χ3v) is 6.35. The summed E-state index contributed by atoms with van der Waals surface area (Å²) >= 11 is 0. The maximum Gasteiger partial charge on any atom is 0.274 e. The molecule has 2 aliphatic rings. The van der Waals surface area contributed by atoms with Gasteiger partial charge < -0.3 is 19.9 Å². The molecule has 1 aromatic heterocycles. The first-order valence-corrected chi connectivity index (χ1v) is 12.1. The molecule has 0 saturated carbocycles. The first-order chi connectivity index (χ1) is 16.5. The van der Waals surface area contributed by atoms with Crippen molar-refractivity contribution >= 4 is 17.7 Å². The number of carbonyl (C=O) groups is 3. The lowest BCUT2D eigenvalue weighted by Gasteiger charge is -2.20. The number of fused-ring (bicyclic) bond motifs is 1. The molecule has 1 atom stereocenters. The molecule has 1 N–H and O–H groups in total. The van der Waals surface area contributed by atoms with E-state index in [1.165, 1.54) is 0 Å². The summed E-state index contributed by atoms with van der Waals surface area (Å²) in [7, 11) is 0. The van der Waals surface area contributed by atoms with Gasteiger partial charge in [0.15, 0.2) is 5.69 Å². The lowest BCUT2D eigenvalue weighted by molar-refractivity contribution is -0.121. The van der Waals surface area contributed by atoms with E-state index in [1.54, 1.807) is 20.5 Å². The van der Waals surface area contributed by atoms with E-state index in [2.05, 4.69) is 10.4 Å². The molecule has 0 unspecified atom stereocenters. The highest BCUT2D eigenvalue weighted by Crippen LogP contribution is 2.18. The molecule has 4 rings (SSSR count). The SMILES string of the molecule is CCN(CCC(=O)NC[C@H]1CCCO1)C(=O)c1cc2n(n1)CCCN(Cc1ccccc1)C2=O. The van der Waals surface area contributed by atoms with Crippen molar-refractivity contribution in [1.82, 2.24) is 24.9 Å². The minimum atomic E-state index is -0.266. The monoisotopic (exact) mass is 467 g/mol. The summed E-state index contributed by atoms with van der Waals surface area (Å²) in [6.45, 7) is 5.62. The summed E-state index contributed by atoms with van der Waals surface area (Å²) in [5.41, 5.74) is 1.74. The van der Waals surface area contributed by atoms with Gasteiger partial charge in [-0.2, -0.15) is 5.10 Å². The maximum absolute atomic E-state index is 13.2. The Labute approximate surface area is 200 Å². The average molecular weight is 468 g/mol. The molecule has 2 aliphatic heterocycles. The normalized spacial score (nSPS) is 17.9. The van der Waals surface area contributed by atoms with E-state index in [1.807, 2.05) is 37.3 Å². The highest BCUT2D eigenvalue weighted by molar-refractivity contribution is 5.98. The van der Waals surface area contributed by atoms with Crippen LogP contribution in [0, 0.1) is 0 Å². The molecule has 182 valence electrons. The number of rotatable bonds is 9. The van der Waals surface area contributed by atoms with Crippen LogP contribution in [-0.4, -0.2) is 76.2 Å². The molecule has 0 spiro atoms. The third kappa shape index (κ3) is 5.83. The number of aryl methyl sites for hydroxylation is 1. The molecule has 9 heteroatoms. The Morgan fingerprint density at radius 1 is 1.21 bits per heavy atom. The van der Waals surface area contributed by atoms with Gasteiger partial charge in [-0.1, -0.05) is 30.3 Å². The van der Waals surface area contributed by atoms with Crippen molar-refractivity contribution in [3.05, 3.63) is 53.3 Å². The van der Waals surface area contributed by atoms with Crippen LogP contribution in [0.15, 0.2) is 36.4 Å². The minimum absolute atomic E-state index is 0.0906.